The predicted molar refractivity (Wildman–Crippen MR) is 89.2 cm³/mol. The van der Waals surface area contributed by atoms with Gasteiger partial charge in [-0.15, -0.1) is 11.3 Å². The number of thiophene rings is 1. The number of anilines is 1. The van der Waals surface area contributed by atoms with Crippen molar-refractivity contribution in [3.63, 3.8) is 0 Å². The maximum absolute atomic E-state index is 13.9. The van der Waals surface area contributed by atoms with Crippen LogP contribution in [0.5, 0.6) is 0 Å². The number of aromatic nitrogens is 1. The topological polar surface area (TPSA) is 45.1 Å². The van der Waals surface area contributed by atoms with E-state index in [0.717, 1.165) is 10.6 Å². The lowest BCUT2D eigenvalue weighted by atomic mass is 10.1. The van der Waals surface area contributed by atoms with Crippen LogP contribution in [0.25, 0.3) is 10.9 Å². The van der Waals surface area contributed by atoms with Crippen molar-refractivity contribution in [1.29, 1.82) is 0 Å². The Morgan fingerprint density at radius 1 is 1.36 bits per heavy atom. The fraction of sp³-hybridized carbons (Fsp3) is 0.188. The Labute approximate surface area is 136 Å². The quantitative estimate of drug-likeness (QED) is 0.735. The maximum atomic E-state index is 13.9. The second-order valence-electron chi connectivity index (χ2n) is 4.99. The van der Waals surface area contributed by atoms with E-state index in [-0.39, 0.29) is 5.82 Å². The number of benzene rings is 1. The summed E-state index contributed by atoms with van der Waals surface area (Å²) in [6.07, 6.45) is -0.672. The SMILES string of the molecule is Cc1cc(NCC(O)c2ccc(Cl)s2)c2cccc(F)c2n1. The Balaban J connectivity index is 1.86. The van der Waals surface area contributed by atoms with Gasteiger partial charge in [0.1, 0.15) is 17.4 Å². The second kappa shape index (κ2) is 6.20. The molecule has 0 fully saturated rings. The number of para-hydroxylation sites is 1. The van der Waals surface area contributed by atoms with Crippen LogP contribution in [0.3, 0.4) is 0 Å². The average Bonchev–Trinajstić information content (AvgIpc) is 2.92. The Kier molecular flexibility index (Phi) is 4.29. The Morgan fingerprint density at radius 3 is 2.91 bits per heavy atom. The van der Waals surface area contributed by atoms with Crippen molar-refractivity contribution in [2.24, 2.45) is 0 Å². The number of halogens is 2. The molecule has 6 heteroatoms. The summed E-state index contributed by atoms with van der Waals surface area (Å²) in [7, 11) is 0. The number of aliphatic hydroxyl groups is 1. The molecule has 1 aromatic carbocycles. The minimum absolute atomic E-state index is 0.311. The zero-order valence-corrected chi connectivity index (χ0v) is 13.4. The van der Waals surface area contributed by atoms with Crippen LogP contribution < -0.4 is 5.32 Å². The van der Waals surface area contributed by atoms with Gasteiger partial charge in [-0.05, 0) is 31.2 Å². The third-order valence-electron chi connectivity index (χ3n) is 3.33. The van der Waals surface area contributed by atoms with Crippen molar-refractivity contribution in [3.05, 3.63) is 57.1 Å². The summed E-state index contributed by atoms with van der Waals surface area (Å²) >= 11 is 7.22. The van der Waals surface area contributed by atoms with Gasteiger partial charge in [0.2, 0.25) is 0 Å². The zero-order valence-electron chi connectivity index (χ0n) is 11.8. The van der Waals surface area contributed by atoms with E-state index < -0.39 is 6.10 Å². The summed E-state index contributed by atoms with van der Waals surface area (Å²) in [6.45, 7) is 2.12. The summed E-state index contributed by atoms with van der Waals surface area (Å²) < 4.78 is 14.5. The van der Waals surface area contributed by atoms with E-state index in [1.807, 2.05) is 19.1 Å². The minimum Gasteiger partial charge on any atom is -0.386 e. The van der Waals surface area contributed by atoms with Crippen LogP contribution in [0.4, 0.5) is 10.1 Å². The molecule has 0 aliphatic rings. The summed E-state index contributed by atoms with van der Waals surface area (Å²) in [5.41, 5.74) is 1.80. The molecule has 0 amide bonds. The second-order valence-corrected chi connectivity index (χ2v) is 6.73. The van der Waals surface area contributed by atoms with Crippen molar-refractivity contribution in [2.75, 3.05) is 11.9 Å². The number of nitrogens with one attached hydrogen (secondary N) is 1. The third-order valence-corrected chi connectivity index (χ3v) is 4.66. The highest BCUT2D eigenvalue weighted by molar-refractivity contribution is 7.16. The van der Waals surface area contributed by atoms with Crippen LogP contribution in [0.15, 0.2) is 36.4 Å². The number of pyridine rings is 1. The van der Waals surface area contributed by atoms with Crippen molar-refractivity contribution in [2.45, 2.75) is 13.0 Å². The van der Waals surface area contributed by atoms with Gasteiger partial charge in [-0.1, -0.05) is 23.7 Å². The van der Waals surface area contributed by atoms with Gasteiger partial charge in [-0.3, -0.25) is 0 Å². The van der Waals surface area contributed by atoms with Crippen LogP contribution in [0, 0.1) is 12.7 Å². The monoisotopic (exact) mass is 336 g/mol. The molecule has 1 atom stereocenters. The van der Waals surface area contributed by atoms with Gasteiger partial charge in [0.15, 0.2) is 0 Å². The van der Waals surface area contributed by atoms with Gasteiger partial charge in [-0.2, -0.15) is 0 Å². The number of aryl methyl sites for hydroxylation is 1. The molecule has 0 bridgehead atoms. The van der Waals surface area contributed by atoms with Crippen LogP contribution in [-0.4, -0.2) is 16.6 Å². The summed E-state index contributed by atoms with van der Waals surface area (Å²) in [4.78, 5) is 5.02. The summed E-state index contributed by atoms with van der Waals surface area (Å²) in [6, 6.07) is 10.2. The van der Waals surface area contributed by atoms with Crippen molar-refractivity contribution in [3.8, 4) is 0 Å². The lowest BCUT2D eigenvalue weighted by molar-refractivity contribution is 0.195. The molecule has 0 aliphatic carbocycles. The largest absolute Gasteiger partial charge is 0.386 e. The standard InChI is InChI=1S/C16H14ClFN2OS/c1-9-7-12(10-3-2-4-11(18)16(10)20-9)19-8-13(21)14-5-6-15(17)22-14/h2-7,13,21H,8H2,1H3,(H,19,20). The third kappa shape index (κ3) is 3.06. The number of fused-ring (bicyclic) bond motifs is 1. The molecule has 0 spiro atoms. The lowest BCUT2D eigenvalue weighted by Gasteiger charge is -2.14. The average molecular weight is 337 g/mol. The Morgan fingerprint density at radius 2 is 2.18 bits per heavy atom. The number of aliphatic hydroxyl groups excluding tert-OH is 1. The number of rotatable bonds is 4. The van der Waals surface area contributed by atoms with Crippen LogP contribution >= 0.6 is 22.9 Å². The van der Waals surface area contributed by atoms with E-state index >= 15 is 0 Å². The van der Waals surface area contributed by atoms with Gasteiger partial charge < -0.3 is 10.4 Å². The highest BCUT2D eigenvalue weighted by Crippen LogP contribution is 2.29. The van der Waals surface area contributed by atoms with Gasteiger partial charge >= 0.3 is 0 Å². The molecule has 3 rings (SSSR count). The van der Waals surface area contributed by atoms with Crippen molar-refractivity contribution in [1.82, 2.24) is 4.98 Å². The highest BCUT2D eigenvalue weighted by Gasteiger charge is 2.12. The summed E-state index contributed by atoms with van der Waals surface area (Å²) in [5, 5.41) is 14.1. The molecule has 22 heavy (non-hydrogen) atoms. The van der Waals surface area contributed by atoms with E-state index in [1.54, 1.807) is 18.2 Å². The number of nitrogens with zero attached hydrogens (tertiary/aromatic N) is 1. The predicted octanol–water partition coefficient (Wildman–Crippen LogP) is 4.54. The van der Waals surface area contributed by atoms with Crippen LogP contribution in [0.2, 0.25) is 4.34 Å². The van der Waals surface area contributed by atoms with E-state index in [1.165, 1.54) is 17.4 Å². The molecule has 3 aromatic rings. The fourth-order valence-electron chi connectivity index (χ4n) is 2.30. The van der Waals surface area contributed by atoms with Gasteiger partial charge in [-0.25, -0.2) is 9.37 Å². The molecule has 1 unspecified atom stereocenters. The molecule has 2 N–H and O–H groups in total. The number of hydrogen-bond acceptors (Lipinski definition) is 4. The molecule has 0 aliphatic heterocycles. The molecular weight excluding hydrogens is 323 g/mol. The first-order valence-electron chi connectivity index (χ1n) is 6.77. The molecule has 2 aromatic heterocycles. The van der Waals surface area contributed by atoms with Crippen molar-refractivity contribution >= 4 is 39.5 Å². The molecule has 2 heterocycles. The van der Waals surface area contributed by atoms with Crippen LogP contribution in [0.1, 0.15) is 16.7 Å². The maximum Gasteiger partial charge on any atom is 0.149 e. The first-order valence-corrected chi connectivity index (χ1v) is 7.97. The smallest absolute Gasteiger partial charge is 0.149 e. The van der Waals surface area contributed by atoms with Crippen molar-refractivity contribution < 1.29 is 9.50 Å². The van der Waals surface area contributed by atoms with Gasteiger partial charge in [0.05, 0.1) is 4.34 Å². The molecule has 0 saturated carbocycles. The Hall–Kier alpha value is -1.69. The molecular formula is C16H14ClFN2OS. The molecule has 0 radical (unpaired) electrons. The Bertz CT molecular complexity index is 821. The highest BCUT2D eigenvalue weighted by atomic mass is 35.5. The van der Waals surface area contributed by atoms with Gasteiger partial charge in [0, 0.05) is 28.2 Å². The molecule has 0 saturated heterocycles. The minimum atomic E-state index is -0.672. The summed E-state index contributed by atoms with van der Waals surface area (Å²) in [5.74, 6) is -0.352. The first kappa shape index (κ1) is 15.2. The van der Waals surface area contributed by atoms with E-state index in [9.17, 15) is 9.50 Å². The van der Waals surface area contributed by atoms with Crippen LogP contribution in [-0.2, 0) is 0 Å². The molecule has 3 nitrogen and oxygen atoms in total. The normalized spacial score (nSPS) is 12.5. The molecule has 114 valence electrons. The van der Waals surface area contributed by atoms with E-state index in [2.05, 4.69) is 10.3 Å². The van der Waals surface area contributed by atoms with Gasteiger partial charge in [0.25, 0.3) is 0 Å². The van der Waals surface area contributed by atoms with E-state index in [0.29, 0.717) is 27.5 Å². The lowest BCUT2D eigenvalue weighted by Crippen LogP contribution is -2.11. The number of hydrogen-bond donors (Lipinski definition) is 2. The fourth-order valence-corrected chi connectivity index (χ4v) is 3.35. The van der Waals surface area contributed by atoms with E-state index in [4.69, 9.17) is 11.6 Å². The zero-order chi connectivity index (χ0) is 15.7. The first-order chi connectivity index (χ1) is 10.5.